The van der Waals surface area contributed by atoms with Crippen LogP contribution in [0.4, 0.5) is 0 Å². The molecule has 0 spiro atoms. The Labute approximate surface area is 201 Å². The number of hydrogen-bond donors (Lipinski definition) is 0. The van der Waals surface area contributed by atoms with Crippen molar-refractivity contribution in [2.75, 3.05) is 6.61 Å². The lowest BCUT2D eigenvalue weighted by atomic mass is 10.1. The molecule has 2 atom stereocenters. The van der Waals surface area contributed by atoms with E-state index in [0.29, 0.717) is 6.42 Å². The summed E-state index contributed by atoms with van der Waals surface area (Å²) in [6, 6.07) is 0. The van der Waals surface area contributed by atoms with Crippen molar-refractivity contribution < 1.29 is 47.7 Å². The molecule has 0 aliphatic carbocycles. The van der Waals surface area contributed by atoms with Crippen LogP contribution in [0.15, 0.2) is 0 Å². The summed E-state index contributed by atoms with van der Waals surface area (Å²) in [4.78, 5) is 59.9. The predicted molar refractivity (Wildman–Crippen MR) is 119 cm³/mol. The molecule has 1 aliphatic rings. The monoisotopic (exact) mass is 486 g/mol. The largest absolute Gasteiger partial charge is 0.457 e. The highest BCUT2D eigenvalue weighted by molar-refractivity contribution is 5.78. The lowest BCUT2D eigenvalue weighted by Crippen LogP contribution is -2.56. The molecule has 194 valence electrons. The summed E-state index contributed by atoms with van der Waals surface area (Å²) in [5, 5.41) is 0. The zero-order valence-electron chi connectivity index (χ0n) is 20.6. The van der Waals surface area contributed by atoms with Crippen LogP contribution >= 0.6 is 0 Å². The molecular formula is C24H38O10. The summed E-state index contributed by atoms with van der Waals surface area (Å²) in [5.41, 5.74) is 0. The van der Waals surface area contributed by atoms with Crippen LogP contribution in [0.2, 0.25) is 0 Å². The van der Waals surface area contributed by atoms with Gasteiger partial charge in [-0.2, -0.15) is 0 Å². The molecule has 0 saturated carbocycles. The van der Waals surface area contributed by atoms with Crippen LogP contribution in [-0.2, 0) is 47.7 Å². The van der Waals surface area contributed by atoms with Gasteiger partial charge in [0.05, 0.1) is 12.8 Å². The fourth-order valence-corrected chi connectivity index (χ4v) is 3.48. The van der Waals surface area contributed by atoms with Crippen molar-refractivity contribution in [3.8, 4) is 0 Å². The topological polar surface area (TPSA) is 132 Å². The highest BCUT2D eigenvalue weighted by Gasteiger charge is 2.53. The average Bonchev–Trinajstić information content (AvgIpc) is 2.80. The van der Waals surface area contributed by atoms with Crippen molar-refractivity contribution >= 4 is 29.8 Å². The molecule has 10 nitrogen and oxygen atoms in total. The molecule has 0 bridgehead atoms. The minimum Gasteiger partial charge on any atom is -0.457 e. The number of carbonyl (C=O) groups is 5. The van der Waals surface area contributed by atoms with Crippen molar-refractivity contribution in [3.05, 3.63) is 0 Å². The first kappa shape index (κ1) is 29.4. The fraction of sp³-hybridized carbons (Fsp3) is 0.792. The normalized spacial score (nSPS) is 20.7. The molecule has 1 rings (SSSR count). The summed E-state index contributed by atoms with van der Waals surface area (Å²) in [5.74, 6) is -6.72. The summed E-state index contributed by atoms with van der Waals surface area (Å²) in [6.07, 6.45) is 8.19. The van der Waals surface area contributed by atoms with Crippen molar-refractivity contribution in [2.45, 2.75) is 116 Å². The van der Waals surface area contributed by atoms with E-state index in [9.17, 15) is 24.0 Å². The molecule has 2 unspecified atom stereocenters. The minimum atomic E-state index is -2.44. The average molecular weight is 487 g/mol. The van der Waals surface area contributed by atoms with Gasteiger partial charge in [-0.1, -0.05) is 64.7 Å². The molecule has 1 saturated heterocycles. The molecule has 0 aromatic heterocycles. The number of carbonyl (C=O) groups excluding carboxylic acids is 5. The first-order valence-corrected chi connectivity index (χ1v) is 12.1. The van der Waals surface area contributed by atoms with Gasteiger partial charge in [0.25, 0.3) is 0 Å². The van der Waals surface area contributed by atoms with Gasteiger partial charge in [-0.25, -0.2) is 0 Å². The summed E-state index contributed by atoms with van der Waals surface area (Å²) in [6.45, 7) is 3.46. The highest BCUT2D eigenvalue weighted by Crippen LogP contribution is 2.27. The van der Waals surface area contributed by atoms with Crippen molar-refractivity contribution in [3.63, 3.8) is 0 Å². The SMILES string of the molecule is CCCCCCCCCCCCC(=O)OC1(OC(C)=O)COC(=O)CCC(=O)OC1OC(C)=O. The number of esters is 5. The van der Waals surface area contributed by atoms with Crippen molar-refractivity contribution in [1.82, 2.24) is 0 Å². The van der Waals surface area contributed by atoms with E-state index in [1.807, 2.05) is 0 Å². The van der Waals surface area contributed by atoms with Crippen LogP contribution in [-0.4, -0.2) is 48.5 Å². The number of ether oxygens (including phenoxy) is 5. The molecule has 34 heavy (non-hydrogen) atoms. The van der Waals surface area contributed by atoms with Crippen molar-refractivity contribution in [2.24, 2.45) is 0 Å². The van der Waals surface area contributed by atoms with E-state index in [1.54, 1.807) is 0 Å². The Morgan fingerprint density at radius 3 is 1.94 bits per heavy atom. The zero-order valence-corrected chi connectivity index (χ0v) is 20.6. The smallest absolute Gasteiger partial charge is 0.366 e. The maximum Gasteiger partial charge on any atom is 0.366 e. The van der Waals surface area contributed by atoms with Gasteiger partial charge in [0.15, 0.2) is 6.61 Å². The second-order valence-electron chi connectivity index (χ2n) is 8.40. The first-order chi connectivity index (χ1) is 16.2. The predicted octanol–water partition coefficient (Wildman–Crippen LogP) is 3.87. The molecular weight excluding hydrogens is 448 g/mol. The van der Waals surface area contributed by atoms with Gasteiger partial charge < -0.3 is 23.7 Å². The third-order valence-electron chi connectivity index (χ3n) is 5.18. The Morgan fingerprint density at radius 1 is 0.824 bits per heavy atom. The lowest BCUT2D eigenvalue weighted by molar-refractivity contribution is -0.320. The lowest BCUT2D eigenvalue weighted by Gasteiger charge is -2.35. The second kappa shape index (κ2) is 16.1. The van der Waals surface area contributed by atoms with Crippen molar-refractivity contribution in [1.29, 1.82) is 0 Å². The molecule has 1 heterocycles. The summed E-state index contributed by atoms with van der Waals surface area (Å²) < 4.78 is 25.6. The standard InChI is InChI=1S/C24H38O10/c1-4-5-6-7-8-9-10-11-12-13-14-22(29)34-24(33-19(3)26)17-30-20(27)15-16-21(28)32-23(24)31-18(2)25/h23H,4-17H2,1-3H3. The third-order valence-corrected chi connectivity index (χ3v) is 5.18. The van der Waals surface area contributed by atoms with Gasteiger partial charge in [0.2, 0.25) is 0 Å². The number of unbranched alkanes of at least 4 members (excludes halogenated alkanes) is 9. The van der Waals surface area contributed by atoms with Crippen LogP contribution < -0.4 is 0 Å². The Kier molecular flexibility index (Phi) is 13.9. The van der Waals surface area contributed by atoms with Gasteiger partial charge in [0.1, 0.15) is 0 Å². The maximum atomic E-state index is 12.6. The molecule has 1 fully saturated rings. The Bertz CT molecular complexity index is 689. The van der Waals surface area contributed by atoms with Crippen LogP contribution in [0.25, 0.3) is 0 Å². The van der Waals surface area contributed by atoms with E-state index in [1.165, 1.54) is 32.1 Å². The number of cyclic esters (lactones) is 2. The Hall–Kier alpha value is -2.65. The van der Waals surface area contributed by atoms with Crippen LogP contribution in [0.3, 0.4) is 0 Å². The van der Waals surface area contributed by atoms with Gasteiger partial charge >= 0.3 is 41.9 Å². The van der Waals surface area contributed by atoms with E-state index in [4.69, 9.17) is 23.7 Å². The molecule has 1 aliphatic heterocycles. The molecule has 0 aromatic rings. The molecule has 0 aromatic carbocycles. The molecule has 0 amide bonds. The van der Waals surface area contributed by atoms with Gasteiger partial charge in [-0.15, -0.1) is 0 Å². The van der Waals surface area contributed by atoms with E-state index in [2.05, 4.69) is 6.92 Å². The molecule has 10 heteroatoms. The second-order valence-corrected chi connectivity index (χ2v) is 8.40. The van der Waals surface area contributed by atoms with E-state index >= 15 is 0 Å². The van der Waals surface area contributed by atoms with Gasteiger partial charge in [-0.3, -0.25) is 24.0 Å². The van der Waals surface area contributed by atoms with E-state index in [-0.39, 0.29) is 19.3 Å². The van der Waals surface area contributed by atoms with E-state index in [0.717, 1.165) is 39.5 Å². The molecule has 0 radical (unpaired) electrons. The van der Waals surface area contributed by atoms with Gasteiger partial charge in [0, 0.05) is 20.3 Å². The highest BCUT2D eigenvalue weighted by atomic mass is 16.8. The minimum absolute atomic E-state index is 0.00575. The fourth-order valence-electron chi connectivity index (χ4n) is 3.48. The maximum absolute atomic E-state index is 12.6. The quantitative estimate of drug-likeness (QED) is 0.154. The Morgan fingerprint density at radius 2 is 1.38 bits per heavy atom. The van der Waals surface area contributed by atoms with Crippen LogP contribution in [0.5, 0.6) is 0 Å². The summed E-state index contributed by atoms with van der Waals surface area (Å²) in [7, 11) is 0. The van der Waals surface area contributed by atoms with Crippen LogP contribution in [0.1, 0.15) is 104 Å². The number of hydrogen-bond acceptors (Lipinski definition) is 10. The van der Waals surface area contributed by atoms with E-state index < -0.39 is 48.5 Å². The zero-order chi connectivity index (χ0) is 25.4. The first-order valence-electron chi connectivity index (χ1n) is 12.1. The third kappa shape index (κ3) is 12.0. The Balaban J connectivity index is 2.72. The molecule has 0 N–H and O–H groups in total. The van der Waals surface area contributed by atoms with Gasteiger partial charge in [-0.05, 0) is 6.42 Å². The summed E-state index contributed by atoms with van der Waals surface area (Å²) >= 11 is 0. The number of rotatable bonds is 14. The van der Waals surface area contributed by atoms with Crippen LogP contribution in [0, 0.1) is 0 Å².